The van der Waals surface area contributed by atoms with Crippen LogP contribution in [0.25, 0.3) is 0 Å². The highest BCUT2D eigenvalue weighted by Crippen LogP contribution is 1.88. The van der Waals surface area contributed by atoms with Crippen molar-refractivity contribution < 1.29 is 23.5 Å². The van der Waals surface area contributed by atoms with Crippen LogP contribution in [0.2, 0.25) is 0 Å². The first-order valence-corrected chi connectivity index (χ1v) is 2.56. The summed E-state index contributed by atoms with van der Waals surface area (Å²) in [6.45, 7) is -0.276. The normalized spacial score (nSPS) is 8.60. The molecule has 0 fully saturated rings. The van der Waals surface area contributed by atoms with Gasteiger partial charge in [0.15, 0.2) is 0 Å². The Morgan fingerprint density at radius 1 is 1.50 bits per heavy atom. The minimum Gasteiger partial charge on any atom is -0.469 e. The monoisotopic (exact) mass is 150 g/mol. The number of esters is 1. The molecule has 0 saturated heterocycles. The largest absolute Gasteiger partial charge is 0.495 e. The smallest absolute Gasteiger partial charge is 0.469 e. The van der Waals surface area contributed by atoms with E-state index in [-0.39, 0.29) is 13.0 Å². The van der Waals surface area contributed by atoms with Crippen LogP contribution in [0.5, 0.6) is 0 Å². The van der Waals surface area contributed by atoms with Crippen molar-refractivity contribution in [1.82, 2.24) is 0 Å². The molecular formula is C5H7FO4. The van der Waals surface area contributed by atoms with Crippen molar-refractivity contribution in [2.45, 2.75) is 6.42 Å². The minimum atomic E-state index is -1.89. The molecule has 0 saturated carbocycles. The lowest BCUT2D eigenvalue weighted by atomic mass is 10.5. The molecule has 10 heavy (non-hydrogen) atoms. The maximum absolute atomic E-state index is 11.2. The lowest BCUT2D eigenvalue weighted by molar-refractivity contribution is -0.141. The number of hydrogen-bond donors (Lipinski definition) is 0. The summed E-state index contributed by atoms with van der Waals surface area (Å²) >= 11 is 0. The molecule has 0 aliphatic carbocycles. The van der Waals surface area contributed by atoms with E-state index in [1.165, 1.54) is 7.11 Å². The van der Waals surface area contributed by atoms with Crippen LogP contribution in [0.1, 0.15) is 6.42 Å². The van der Waals surface area contributed by atoms with Gasteiger partial charge in [0, 0.05) is 0 Å². The minimum absolute atomic E-state index is 0.119. The summed E-state index contributed by atoms with van der Waals surface area (Å²) in [5.41, 5.74) is 0. The number of halogens is 1. The fourth-order valence-corrected chi connectivity index (χ4v) is 0.317. The SMILES string of the molecule is COC(=O)CCOC(=O)F. The van der Waals surface area contributed by atoms with E-state index in [2.05, 4.69) is 9.47 Å². The molecule has 58 valence electrons. The number of carbonyl (C=O) groups is 2. The predicted molar refractivity (Wildman–Crippen MR) is 29.1 cm³/mol. The molecule has 0 spiro atoms. The van der Waals surface area contributed by atoms with Crippen LogP contribution in [0.3, 0.4) is 0 Å². The molecule has 0 aromatic carbocycles. The summed E-state index contributed by atoms with van der Waals surface area (Å²) in [6.07, 6.45) is -2.00. The van der Waals surface area contributed by atoms with E-state index in [0.29, 0.717) is 0 Å². The molecule has 0 aromatic rings. The third-order valence-electron chi connectivity index (χ3n) is 0.749. The quantitative estimate of drug-likeness (QED) is 0.438. The first kappa shape index (κ1) is 8.87. The average Bonchev–Trinajstić information content (AvgIpc) is 1.87. The molecule has 0 bridgehead atoms. The van der Waals surface area contributed by atoms with Crippen LogP contribution >= 0.6 is 0 Å². The van der Waals surface area contributed by atoms with Crippen molar-refractivity contribution in [3.8, 4) is 0 Å². The van der Waals surface area contributed by atoms with Gasteiger partial charge in [0.05, 0.1) is 13.5 Å². The average molecular weight is 150 g/mol. The molecule has 4 nitrogen and oxygen atoms in total. The van der Waals surface area contributed by atoms with Crippen LogP contribution in [-0.2, 0) is 14.3 Å². The molecule has 0 amide bonds. The summed E-state index contributed by atoms with van der Waals surface area (Å²) in [5.74, 6) is -0.541. The highest BCUT2D eigenvalue weighted by atomic mass is 19.1. The highest BCUT2D eigenvalue weighted by molar-refractivity contribution is 5.69. The molecule has 0 rings (SSSR count). The molecule has 0 aliphatic rings. The van der Waals surface area contributed by atoms with Crippen LogP contribution in [0, 0.1) is 0 Å². The number of hydrogen-bond acceptors (Lipinski definition) is 4. The molecule has 5 heteroatoms. The van der Waals surface area contributed by atoms with Gasteiger partial charge in [0.25, 0.3) is 0 Å². The Morgan fingerprint density at radius 3 is 2.50 bits per heavy atom. The van der Waals surface area contributed by atoms with Gasteiger partial charge >= 0.3 is 12.2 Å². The van der Waals surface area contributed by atoms with Gasteiger partial charge in [0.2, 0.25) is 0 Å². The number of rotatable bonds is 3. The molecule has 0 aromatic heterocycles. The Kier molecular flexibility index (Phi) is 4.19. The fraction of sp³-hybridized carbons (Fsp3) is 0.600. The van der Waals surface area contributed by atoms with Crippen molar-refractivity contribution in [2.75, 3.05) is 13.7 Å². The highest BCUT2D eigenvalue weighted by Gasteiger charge is 2.02. The lowest BCUT2D eigenvalue weighted by Gasteiger charge is -1.96. The second kappa shape index (κ2) is 4.72. The van der Waals surface area contributed by atoms with Gasteiger partial charge in [-0.3, -0.25) is 4.79 Å². The number of methoxy groups -OCH3 is 1. The standard InChI is InChI=1S/C5H7FO4/c1-9-4(7)2-3-10-5(6)8/h2-3H2,1H3. The van der Waals surface area contributed by atoms with Crippen molar-refractivity contribution in [3.63, 3.8) is 0 Å². The van der Waals surface area contributed by atoms with Gasteiger partial charge in [-0.25, -0.2) is 4.79 Å². The maximum atomic E-state index is 11.2. The van der Waals surface area contributed by atoms with Crippen LogP contribution in [-0.4, -0.2) is 25.9 Å². The molecule has 0 unspecified atom stereocenters. The summed E-state index contributed by atoms with van der Waals surface area (Å²) < 4.78 is 19.2. The van der Waals surface area contributed by atoms with E-state index in [1.807, 2.05) is 0 Å². The summed E-state index contributed by atoms with van der Waals surface area (Å²) in [7, 11) is 1.19. The zero-order valence-corrected chi connectivity index (χ0v) is 5.43. The van der Waals surface area contributed by atoms with E-state index in [0.717, 1.165) is 0 Å². The van der Waals surface area contributed by atoms with Gasteiger partial charge in [-0.2, -0.15) is 0 Å². The van der Waals surface area contributed by atoms with Gasteiger partial charge in [0.1, 0.15) is 6.61 Å². The maximum Gasteiger partial charge on any atom is 0.495 e. The zero-order valence-electron chi connectivity index (χ0n) is 5.43. The second-order valence-electron chi connectivity index (χ2n) is 1.41. The molecule has 0 atom stereocenters. The van der Waals surface area contributed by atoms with E-state index >= 15 is 0 Å². The van der Waals surface area contributed by atoms with E-state index < -0.39 is 12.2 Å². The third-order valence-corrected chi connectivity index (χ3v) is 0.749. The van der Waals surface area contributed by atoms with Crippen molar-refractivity contribution in [2.24, 2.45) is 0 Å². The van der Waals surface area contributed by atoms with Crippen LogP contribution < -0.4 is 0 Å². The summed E-state index contributed by atoms with van der Waals surface area (Å²) in [4.78, 5) is 19.7. The Balaban J connectivity index is 3.20. The predicted octanol–water partition coefficient (Wildman–Crippen LogP) is 0.656. The van der Waals surface area contributed by atoms with Gasteiger partial charge in [-0.1, -0.05) is 0 Å². The van der Waals surface area contributed by atoms with E-state index in [4.69, 9.17) is 0 Å². The zero-order chi connectivity index (χ0) is 7.98. The first-order chi connectivity index (χ1) is 4.66. The van der Waals surface area contributed by atoms with Crippen molar-refractivity contribution in [3.05, 3.63) is 0 Å². The molecule has 0 heterocycles. The van der Waals surface area contributed by atoms with Crippen molar-refractivity contribution in [1.29, 1.82) is 0 Å². The van der Waals surface area contributed by atoms with Crippen molar-refractivity contribution >= 4 is 12.2 Å². The molecule has 0 aliphatic heterocycles. The fourth-order valence-electron chi connectivity index (χ4n) is 0.317. The Bertz CT molecular complexity index is 134. The Labute approximate surface area is 56.9 Å². The topological polar surface area (TPSA) is 52.6 Å². The summed E-state index contributed by atoms with van der Waals surface area (Å²) in [5, 5.41) is 0. The van der Waals surface area contributed by atoms with Crippen LogP contribution in [0.15, 0.2) is 0 Å². The van der Waals surface area contributed by atoms with E-state index in [9.17, 15) is 14.0 Å². The molecular weight excluding hydrogens is 143 g/mol. The third kappa shape index (κ3) is 5.02. The Morgan fingerprint density at radius 2 is 2.10 bits per heavy atom. The molecule has 0 N–H and O–H groups in total. The number of carbonyl (C=O) groups excluding carboxylic acids is 2. The summed E-state index contributed by atoms with van der Waals surface area (Å²) in [6, 6.07) is 0. The molecule has 0 radical (unpaired) electrons. The lowest BCUT2D eigenvalue weighted by Crippen LogP contribution is -2.06. The Hall–Kier alpha value is -1.13. The van der Waals surface area contributed by atoms with Gasteiger partial charge < -0.3 is 9.47 Å². The number of ether oxygens (including phenoxy) is 2. The van der Waals surface area contributed by atoms with Crippen LogP contribution in [0.4, 0.5) is 9.18 Å². The first-order valence-electron chi connectivity index (χ1n) is 2.56. The van der Waals surface area contributed by atoms with Gasteiger partial charge in [-0.15, -0.1) is 4.39 Å². The second-order valence-corrected chi connectivity index (χ2v) is 1.41. The van der Waals surface area contributed by atoms with Gasteiger partial charge in [-0.05, 0) is 0 Å². The van der Waals surface area contributed by atoms with E-state index in [1.54, 1.807) is 0 Å².